The first-order valence-corrected chi connectivity index (χ1v) is 9.09. The summed E-state index contributed by atoms with van der Waals surface area (Å²) in [5.41, 5.74) is 0. The molecule has 1 amide bonds. The molecule has 9 heteroatoms. The smallest absolute Gasteiger partial charge is 0.315 e. The average Bonchev–Trinajstić information content (AvgIpc) is 3.02. The van der Waals surface area contributed by atoms with Crippen molar-refractivity contribution in [2.24, 2.45) is 0 Å². The third-order valence-electron chi connectivity index (χ3n) is 3.42. The van der Waals surface area contributed by atoms with E-state index in [9.17, 15) is 17.6 Å². The average molecular weight is 355 g/mol. The number of hydrogen-bond acceptors (Lipinski definition) is 6. The van der Waals surface area contributed by atoms with Gasteiger partial charge in [-0.25, -0.2) is 12.8 Å². The van der Waals surface area contributed by atoms with Crippen LogP contribution in [0.2, 0.25) is 0 Å². The quantitative estimate of drug-likeness (QED) is 0.759. The summed E-state index contributed by atoms with van der Waals surface area (Å²) in [6.07, 6.45) is 0.739. The molecule has 0 bridgehead atoms. The maximum atomic E-state index is 12.9. The van der Waals surface area contributed by atoms with Crippen molar-refractivity contribution < 1.29 is 22.1 Å². The van der Waals surface area contributed by atoms with Crippen LogP contribution in [0, 0.1) is 5.82 Å². The van der Waals surface area contributed by atoms with Crippen molar-refractivity contribution in [3.05, 3.63) is 41.8 Å². The van der Waals surface area contributed by atoms with E-state index in [4.69, 9.17) is 4.52 Å². The zero-order valence-corrected chi connectivity index (χ0v) is 14.1. The summed E-state index contributed by atoms with van der Waals surface area (Å²) in [5, 5.41) is 6.28. The van der Waals surface area contributed by atoms with Gasteiger partial charge in [0.1, 0.15) is 5.82 Å². The van der Waals surface area contributed by atoms with Crippen LogP contribution in [-0.2, 0) is 16.3 Å². The molecule has 0 saturated heterocycles. The SMILES string of the molecule is CC[C@H](C)NC(=O)c1nc(CCS(=O)(=O)c2ccc(F)cc2)no1. The molecule has 0 aliphatic heterocycles. The van der Waals surface area contributed by atoms with Gasteiger partial charge in [-0.05, 0) is 37.6 Å². The molecule has 1 atom stereocenters. The molecule has 1 N–H and O–H groups in total. The number of nitrogens with one attached hydrogen (secondary N) is 1. The maximum Gasteiger partial charge on any atom is 0.315 e. The Hall–Kier alpha value is -2.29. The van der Waals surface area contributed by atoms with Gasteiger partial charge in [0, 0.05) is 12.5 Å². The van der Waals surface area contributed by atoms with Crippen molar-refractivity contribution in [3.8, 4) is 0 Å². The lowest BCUT2D eigenvalue weighted by Crippen LogP contribution is -2.32. The van der Waals surface area contributed by atoms with Gasteiger partial charge in [-0.3, -0.25) is 4.79 Å². The van der Waals surface area contributed by atoms with Crippen LogP contribution in [-0.4, -0.2) is 36.3 Å². The van der Waals surface area contributed by atoms with Gasteiger partial charge in [0.2, 0.25) is 0 Å². The van der Waals surface area contributed by atoms with Crippen LogP contribution in [0.3, 0.4) is 0 Å². The van der Waals surface area contributed by atoms with Crippen LogP contribution in [0.1, 0.15) is 36.8 Å². The Morgan fingerprint density at radius 1 is 1.33 bits per heavy atom. The van der Waals surface area contributed by atoms with E-state index in [-0.39, 0.29) is 34.8 Å². The Labute approximate surface area is 139 Å². The molecule has 0 spiro atoms. The Bertz CT molecular complexity index is 802. The molecule has 2 aromatic rings. The lowest BCUT2D eigenvalue weighted by atomic mass is 10.2. The number of carbonyl (C=O) groups excluding carboxylic acids is 1. The maximum absolute atomic E-state index is 12.9. The van der Waals surface area contributed by atoms with Gasteiger partial charge in [-0.2, -0.15) is 4.98 Å². The van der Waals surface area contributed by atoms with Gasteiger partial charge in [0.25, 0.3) is 0 Å². The first kappa shape index (κ1) is 18.1. The van der Waals surface area contributed by atoms with Crippen LogP contribution in [0.25, 0.3) is 0 Å². The number of sulfone groups is 1. The van der Waals surface area contributed by atoms with Gasteiger partial charge in [0.05, 0.1) is 10.6 Å². The second-order valence-corrected chi connectivity index (χ2v) is 7.43. The first-order valence-electron chi connectivity index (χ1n) is 7.43. The number of amides is 1. The summed E-state index contributed by atoms with van der Waals surface area (Å²) in [6, 6.07) is 4.53. The van der Waals surface area contributed by atoms with Crippen molar-refractivity contribution in [1.82, 2.24) is 15.5 Å². The molecule has 130 valence electrons. The Morgan fingerprint density at radius 2 is 2.00 bits per heavy atom. The molecule has 0 unspecified atom stereocenters. The third kappa shape index (κ3) is 4.60. The summed E-state index contributed by atoms with van der Waals surface area (Å²) in [4.78, 5) is 15.7. The van der Waals surface area contributed by atoms with Crippen molar-refractivity contribution in [2.75, 3.05) is 5.75 Å². The predicted molar refractivity (Wildman–Crippen MR) is 83.7 cm³/mol. The van der Waals surface area contributed by atoms with Crippen LogP contribution in [0.4, 0.5) is 4.39 Å². The Morgan fingerprint density at radius 3 is 2.62 bits per heavy atom. The van der Waals surface area contributed by atoms with Gasteiger partial charge in [-0.15, -0.1) is 0 Å². The Kier molecular flexibility index (Phi) is 5.66. The highest BCUT2D eigenvalue weighted by atomic mass is 32.2. The summed E-state index contributed by atoms with van der Waals surface area (Å²) in [6.45, 7) is 3.76. The van der Waals surface area contributed by atoms with E-state index in [1.165, 1.54) is 12.1 Å². The number of benzene rings is 1. The molecule has 0 radical (unpaired) electrons. The third-order valence-corrected chi connectivity index (χ3v) is 5.15. The first-order chi connectivity index (χ1) is 11.3. The highest BCUT2D eigenvalue weighted by Gasteiger charge is 2.19. The summed E-state index contributed by atoms with van der Waals surface area (Å²) < 4.78 is 42.0. The zero-order chi connectivity index (χ0) is 17.7. The zero-order valence-electron chi connectivity index (χ0n) is 13.3. The van der Waals surface area contributed by atoms with Crippen LogP contribution in [0.15, 0.2) is 33.7 Å². The monoisotopic (exact) mass is 355 g/mol. The second-order valence-electron chi connectivity index (χ2n) is 5.32. The van der Waals surface area contributed by atoms with E-state index in [1.807, 2.05) is 13.8 Å². The molecule has 1 aromatic carbocycles. The molecule has 0 aliphatic carbocycles. The van der Waals surface area contributed by atoms with E-state index in [0.717, 1.165) is 18.6 Å². The number of aromatic nitrogens is 2. The molecule has 7 nitrogen and oxygen atoms in total. The van der Waals surface area contributed by atoms with Gasteiger partial charge < -0.3 is 9.84 Å². The number of carbonyl (C=O) groups is 1. The second kappa shape index (κ2) is 7.52. The topological polar surface area (TPSA) is 102 Å². The van der Waals surface area contributed by atoms with Crippen LogP contribution < -0.4 is 5.32 Å². The standard InChI is InChI=1S/C15H18FN3O4S/c1-3-10(2)17-14(20)15-18-13(19-23-15)8-9-24(21,22)12-6-4-11(16)5-7-12/h4-7,10H,3,8-9H2,1-2H3,(H,17,20)/t10-/m0/s1. The number of nitrogens with zero attached hydrogens (tertiary/aromatic N) is 2. The Balaban J connectivity index is 2.00. The number of halogens is 1. The molecule has 0 fully saturated rings. The van der Waals surface area contributed by atoms with E-state index >= 15 is 0 Å². The largest absolute Gasteiger partial charge is 0.345 e. The van der Waals surface area contributed by atoms with Crippen LogP contribution in [0.5, 0.6) is 0 Å². The molecule has 1 aromatic heterocycles. The molecule has 1 heterocycles. The fraction of sp³-hybridized carbons (Fsp3) is 0.400. The molecule has 0 aliphatic rings. The number of hydrogen-bond donors (Lipinski definition) is 1. The van der Waals surface area contributed by atoms with Crippen molar-refractivity contribution >= 4 is 15.7 Å². The minimum Gasteiger partial charge on any atom is -0.345 e. The lowest BCUT2D eigenvalue weighted by molar-refractivity contribution is 0.0895. The molecular weight excluding hydrogens is 337 g/mol. The summed E-state index contributed by atoms with van der Waals surface area (Å²) in [7, 11) is -3.60. The van der Waals surface area contributed by atoms with E-state index in [0.29, 0.717) is 0 Å². The number of rotatable bonds is 7. The predicted octanol–water partition coefficient (Wildman–Crippen LogP) is 1.75. The molecular formula is C15H18FN3O4S. The highest BCUT2D eigenvalue weighted by Crippen LogP contribution is 2.13. The van der Waals surface area contributed by atoms with E-state index < -0.39 is 21.6 Å². The summed E-state index contributed by atoms with van der Waals surface area (Å²) >= 11 is 0. The van der Waals surface area contributed by atoms with E-state index in [1.54, 1.807) is 0 Å². The van der Waals surface area contributed by atoms with Gasteiger partial charge >= 0.3 is 11.8 Å². The van der Waals surface area contributed by atoms with Crippen molar-refractivity contribution in [3.63, 3.8) is 0 Å². The number of aryl methyl sites for hydroxylation is 1. The summed E-state index contributed by atoms with van der Waals surface area (Å²) in [5.74, 6) is -1.36. The molecule has 2 rings (SSSR count). The molecule has 0 saturated carbocycles. The molecule has 24 heavy (non-hydrogen) atoms. The highest BCUT2D eigenvalue weighted by molar-refractivity contribution is 7.91. The van der Waals surface area contributed by atoms with Crippen molar-refractivity contribution in [1.29, 1.82) is 0 Å². The van der Waals surface area contributed by atoms with E-state index in [2.05, 4.69) is 15.5 Å². The minimum atomic E-state index is -3.60. The van der Waals surface area contributed by atoms with Gasteiger partial charge in [-0.1, -0.05) is 12.1 Å². The van der Waals surface area contributed by atoms with Crippen LogP contribution >= 0.6 is 0 Å². The van der Waals surface area contributed by atoms with Gasteiger partial charge in [0.15, 0.2) is 15.7 Å². The lowest BCUT2D eigenvalue weighted by Gasteiger charge is -2.07. The fourth-order valence-corrected chi connectivity index (χ4v) is 3.06. The normalized spacial score (nSPS) is 12.8. The minimum absolute atomic E-state index is 0.0141. The fourth-order valence-electron chi connectivity index (χ4n) is 1.82. The van der Waals surface area contributed by atoms with Crippen molar-refractivity contribution in [2.45, 2.75) is 37.6 Å².